The lowest BCUT2D eigenvalue weighted by Crippen LogP contribution is -1.96. The van der Waals surface area contributed by atoms with Crippen LogP contribution in [0.15, 0.2) is 34.8 Å². The molecule has 0 fully saturated rings. The molecule has 0 N–H and O–H groups in total. The lowest BCUT2D eigenvalue weighted by Gasteiger charge is -2.09. The van der Waals surface area contributed by atoms with Gasteiger partial charge in [-0.15, -0.1) is 0 Å². The summed E-state index contributed by atoms with van der Waals surface area (Å²) in [6.45, 7) is 0. The fourth-order valence-electron chi connectivity index (χ4n) is 1.53. The van der Waals surface area contributed by atoms with Crippen LogP contribution in [0, 0.1) is 27.3 Å². The van der Waals surface area contributed by atoms with Crippen molar-refractivity contribution in [1.29, 1.82) is 5.26 Å². The summed E-state index contributed by atoms with van der Waals surface area (Å²) in [6.07, 6.45) is 0. The molecular weight excluding hydrogens is 367 g/mol. The zero-order valence-electron chi connectivity index (χ0n) is 10.1. The van der Waals surface area contributed by atoms with Gasteiger partial charge in [0.15, 0.2) is 0 Å². The average molecular weight is 372 g/mol. The maximum atomic E-state index is 13.5. The number of rotatable bonds is 3. The van der Waals surface area contributed by atoms with Gasteiger partial charge in [-0.05, 0) is 28.1 Å². The first kappa shape index (κ1) is 15.2. The Morgan fingerprint density at radius 3 is 2.67 bits per heavy atom. The van der Waals surface area contributed by atoms with Gasteiger partial charge >= 0.3 is 5.69 Å². The highest BCUT2D eigenvalue weighted by atomic mass is 79.9. The Morgan fingerprint density at radius 2 is 2.05 bits per heavy atom. The van der Waals surface area contributed by atoms with Crippen molar-refractivity contribution in [3.63, 3.8) is 0 Å². The maximum Gasteiger partial charge on any atom is 0.312 e. The molecule has 0 aromatic heterocycles. The van der Waals surface area contributed by atoms with Crippen LogP contribution in [0.4, 0.5) is 10.1 Å². The summed E-state index contributed by atoms with van der Waals surface area (Å²) < 4.78 is 18.8. The van der Waals surface area contributed by atoms with E-state index in [9.17, 15) is 14.5 Å². The molecule has 0 radical (unpaired) electrons. The van der Waals surface area contributed by atoms with Crippen LogP contribution in [0.5, 0.6) is 11.5 Å². The second-order valence-electron chi connectivity index (χ2n) is 3.85. The van der Waals surface area contributed by atoms with Gasteiger partial charge in [0.1, 0.15) is 17.6 Å². The Balaban J connectivity index is 2.54. The zero-order chi connectivity index (χ0) is 15.6. The van der Waals surface area contributed by atoms with E-state index in [2.05, 4.69) is 15.9 Å². The molecular formula is C13H5BrClFN2O3. The number of hydrogen-bond acceptors (Lipinski definition) is 4. The SMILES string of the molecule is N#Cc1ccc(Cl)cc1Oc1cc(F)c(Br)cc1[N+](=O)[O-]. The van der Waals surface area contributed by atoms with E-state index in [0.717, 1.165) is 12.1 Å². The van der Waals surface area contributed by atoms with Crippen LogP contribution in [-0.4, -0.2) is 4.92 Å². The molecule has 0 amide bonds. The zero-order valence-corrected chi connectivity index (χ0v) is 12.5. The highest BCUT2D eigenvalue weighted by molar-refractivity contribution is 9.10. The Morgan fingerprint density at radius 1 is 1.33 bits per heavy atom. The van der Waals surface area contributed by atoms with Gasteiger partial charge < -0.3 is 4.74 Å². The molecule has 0 atom stereocenters. The van der Waals surface area contributed by atoms with Crippen LogP contribution >= 0.6 is 27.5 Å². The van der Waals surface area contributed by atoms with Crippen LogP contribution in [0.25, 0.3) is 0 Å². The standard InChI is InChI=1S/C13H5BrClFN2O3/c14-9-4-11(18(19)20)13(5-10(9)16)21-12-3-8(15)2-1-7(12)6-17/h1-5H. The first-order chi connectivity index (χ1) is 9.92. The molecule has 0 saturated heterocycles. The minimum Gasteiger partial charge on any atom is -0.449 e. The van der Waals surface area contributed by atoms with Crippen LogP contribution in [0.3, 0.4) is 0 Å². The molecule has 0 spiro atoms. The van der Waals surface area contributed by atoms with E-state index >= 15 is 0 Å². The number of hydrogen-bond donors (Lipinski definition) is 0. The third-order valence-electron chi connectivity index (χ3n) is 2.48. The minimum absolute atomic E-state index is 0.00909. The van der Waals surface area contributed by atoms with Gasteiger partial charge in [-0.25, -0.2) is 4.39 Å². The fourth-order valence-corrected chi connectivity index (χ4v) is 2.03. The van der Waals surface area contributed by atoms with E-state index in [4.69, 9.17) is 21.6 Å². The number of ether oxygens (including phenoxy) is 1. The molecule has 5 nitrogen and oxygen atoms in total. The number of nitriles is 1. The predicted octanol–water partition coefficient (Wildman–Crippen LogP) is 4.81. The van der Waals surface area contributed by atoms with Gasteiger partial charge in [0, 0.05) is 23.2 Å². The molecule has 0 aliphatic rings. The van der Waals surface area contributed by atoms with Crippen molar-refractivity contribution >= 4 is 33.2 Å². The van der Waals surface area contributed by atoms with Gasteiger partial charge in [-0.3, -0.25) is 10.1 Å². The Kier molecular flexibility index (Phi) is 4.40. The Hall–Kier alpha value is -2.17. The van der Waals surface area contributed by atoms with Crippen LogP contribution in [-0.2, 0) is 0 Å². The topological polar surface area (TPSA) is 76.2 Å². The molecule has 2 rings (SSSR count). The smallest absolute Gasteiger partial charge is 0.312 e. The van der Waals surface area contributed by atoms with Crippen molar-refractivity contribution in [3.8, 4) is 17.6 Å². The lowest BCUT2D eigenvalue weighted by molar-refractivity contribution is -0.385. The molecule has 2 aromatic carbocycles. The number of nitro benzene ring substituents is 1. The minimum atomic E-state index is -0.726. The van der Waals surface area contributed by atoms with Crippen LogP contribution in [0.1, 0.15) is 5.56 Å². The molecule has 0 heterocycles. The van der Waals surface area contributed by atoms with E-state index in [0.29, 0.717) is 0 Å². The summed E-state index contributed by atoms with van der Waals surface area (Å²) in [5.41, 5.74) is -0.316. The molecule has 8 heteroatoms. The van der Waals surface area contributed by atoms with Crippen LogP contribution in [0.2, 0.25) is 5.02 Å². The first-order valence-electron chi connectivity index (χ1n) is 5.43. The summed E-state index contributed by atoms with van der Waals surface area (Å²) in [5.74, 6) is -1.04. The molecule has 0 saturated carbocycles. The van der Waals surface area contributed by atoms with E-state index in [1.54, 1.807) is 0 Å². The molecule has 0 aliphatic carbocycles. The summed E-state index contributed by atoms with van der Waals surface area (Å²) >= 11 is 8.66. The van der Waals surface area contributed by atoms with Gasteiger partial charge in [-0.2, -0.15) is 5.26 Å². The average Bonchev–Trinajstić information content (AvgIpc) is 2.42. The number of nitro groups is 1. The van der Waals surface area contributed by atoms with E-state index < -0.39 is 16.4 Å². The summed E-state index contributed by atoms with van der Waals surface area (Å²) in [5, 5.41) is 20.2. The van der Waals surface area contributed by atoms with E-state index in [1.807, 2.05) is 6.07 Å². The van der Waals surface area contributed by atoms with Crippen molar-refractivity contribution in [2.45, 2.75) is 0 Å². The Labute approximate surface area is 131 Å². The third kappa shape index (κ3) is 3.29. The van der Waals surface area contributed by atoms with Gasteiger partial charge in [0.25, 0.3) is 0 Å². The maximum absolute atomic E-state index is 13.5. The third-order valence-corrected chi connectivity index (χ3v) is 3.33. The van der Waals surface area contributed by atoms with Crippen molar-refractivity contribution in [2.24, 2.45) is 0 Å². The second kappa shape index (κ2) is 6.08. The van der Waals surface area contributed by atoms with Crippen molar-refractivity contribution in [3.05, 3.63) is 61.3 Å². The lowest BCUT2D eigenvalue weighted by atomic mass is 10.2. The summed E-state index contributed by atoms with van der Waals surface area (Å²) in [7, 11) is 0. The highest BCUT2D eigenvalue weighted by Crippen LogP contribution is 2.37. The summed E-state index contributed by atoms with van der Waals surface area (Å²) in [6, 6.07) is 7.91. The molecule has 106 valence electrons. The summed E-state index contributed by atoms with van der Waals surface area (Å²) in [4.78, 5) is 10.3. The largest absolute Gasteiger partial charge is 0.449 e. The highest BCUT2D eigenvalue weighted by Gasteiger charge is 2.20. The molecule has 0 aliphatic heterocycles. The Bertz CT molecular complexity index is 777. The van der Waals surface area contributed by atoms with Crippen molar-refractivity contribution in [1.82, 2.24) is 0 Å². The number of benzene rings is 2. The number of nitrogens with zero attached hydrogens (tertiary/aromatic N) is 2. The number of halogens is 3. The molecule has 0 unspecified atom stereocenters. The van der Waals surface area contributed by atoms with Gasteiger partial charge in [-0.1, -0.05) is 11.6 Å². The second-order valence-corrected chi connectivity index (χ2v) is 5.14. The van der Waals surface area contributed by atoms with Gasteiger partial charge in [0.2, 0.25) is 5.75 Å². The van der Waals surface area contributed by atoms with Crippen molar-refractivity contribution in [2.75, 3.05) is 0 Å². The quantitative estimate of drug-likeness (QED) is 0.573. The molecule has 2 aromatic rings. The predicted molar refractivity (Wildman–Crippen MR) is 77.0 cm³/mol. The van der Waals surface area contributed by atoms with Crippen LogP contribution < -0.4 is 4.74 Å². The fraction of sp³-hybridized carbons (Fsp3) is 0. The normalized spacial score (nSPS) is 10.0. The molecule has 0 bridgehead atoms. The first-order valence-corrected chi connectivity index (χ1v) is 6.60. The monoisotopic (exact) mass is 370 g/mol. The van der Waals surface area contributed by atoms with Gasteiger partial charge in [0.05, 0.1) is 15.0 Å². The van der Waals surface area contributed by atoms with E-state index in [-0.39, 0.29) is 26.6 Å². The van der Waals surface area contributed by atoms with E-state index in [1.165, 1.54) is 18.2 Å². The van der Waals surface area contributed by atoms with Crippen molar-refractivity contribution < 1.29 is 14.1 Å². The molecule has 21 heavy (non-hydrogen) atoms.